The van der Waals surface area contributed by atoms with Crippen LogP contribution in [0.1, 0.15) is 11.1 Å². The summed E-state index contributed by atoms with van der Waals surface area (Å²) in [5, 5.41) is 6.25. The smallest absolute Gasteiger partial charge is 0.282 e. The van der Waals surface area contributed by atoms with E-state index in [9.17, 15) is 4.79 Å². The van der Waals surface area contributed by atoms with Crippen molar-refractivity contribution in [1.82, 2.24) is 9.66 Å². The quantitative estimate of drug-likeness (QED) is 0.168. The Balaban J connectivity index is 1.55. The van der Waals surface area contributed by atoms with Gasteiger partial charge in [-0.25, -0.2) is 4.98 Å². The molecule has 5 aromatic rings. The van der Waals surface area contributed by atoms with Crippen molar-refractivity contribution in [3.63, 3.8) is 0 Å². The molecule has 0 N–H and O–H groups in total. The normalized spacial score (nSPS) is 11.3. The topological polar surface area (TPSA) is 65.7 Å². The molecule has 1 aromatic heterocycles. The number of halogens is 4. The van der Waals surface area contributed by atoms with Crippen LogP contribution in [-0.2, 0) is 6.61 Å². The lowest BCUT2D eigenvalue weighted by molar-refractivity contribution is 0.284. The molecule has 4 aromatic carbocycles. The molecule has 0 saturated heterocycles. The molecule has 0 aliphatic heterocycles. The zero-order valence-corrected chi connectivity index (χ0v) is 24.2. The summed E-state index contributed by atoms with van der Waals surface area (Å²) in [4.78, 5) is 18.2. The van der Waals surface area contributed by atoms with E-state index in [0.717, 1.165) is 11.1 Å². The van der Waals surface area contributed by atoms with Gasteiger partial charge >= 0.3 is 0 Å². The van der Waals surface area contributed by atoms with Crippen molar-refractivity contribution in [3.8, 4) is 22.9 Å². The highest BCUT2D eigenvalue weighted by molar-refractivity contribution is 9.10. The third kappa shape index (κ3) is 5.68. The molecule has 0 saturated carbocycles. The van der Waals surface area contributed by atoms with Gasteiger partial charge in [0.25, 0.3) is 5.56 Å². The summed E-state index contributed by atoms with van der Waals surface area (Å²) in [6.07, 6.45) is 1.52. The molecule has 0 unspecified atom stereocenters. The first-order valence-corrected chi connectivity index (χ1v) is 13.5. The van der Waals surface area contributed by atoms with Crippen LogP contribution in [0.25, 0.3) is 22.3 Å². The summed E-state index contributed by atoms with van der Waals surface area (Å²) in [6, 6.07) is 23.4. The summed E-state index contributed by atoms with van der Waals surface area (Å²) < 4.78 is 13.3. The Bertz CT molecular complexity index is 1780. The highest BCUT2D eigenvalue weighted by Crippen LogP contribution is 2.42. The van der Waals surface area contributed by atoms with E-state index < -0.39 is 0 Å². The van der Waals surface area contributed by atoms with E-state index in [1.165, 1.54) is 18.0 Å². The molecule has 1 heterocycles. The van der Waals surface area contributed by atoms with Gasteiger partial charge in [0.1, 0.15) is 11.6 Å². The Morgan fingerprint density at radius 3 is 2.49 bits per heavy atom. The maximum atomic E-state index is 13.4. The van der Waals surface area contributed by atoms with Crippen LogP contribution in [0.15, 0.2) is 93.2 Å². The molecule has 0 radical (unpaired) electrons. The molecule has 0 bridgehead atoms. The molecule has 5 rings (SSSR count). The fourth-order valence-corrected chi connectivity index (χ4v) is 5.01. The second-order valence-electron chi connectivity index (χ2n) is 8.33. The van der Waals surface area contributed by atoms with Crippen LogP contribution in [0.5, 0.6) is 11.5 Å². The van der Waals surface area contributed by atoms with E-state index in [4.69, 9.17) is 49.3 Å². The average Bonchev–Trinajstić information content (AvgIpc) is 2.95. The minimum Gasteiger partial charge on any atom is -0.493 e. The second kappa shape index (κ2) is 11.8. The summed E-state index contributed by atoms with van der Waals surface area (Å²) in [7, 11) is 1.51. The predicted octanol–water partition coefficient (Wildman–Crippen LogP) is 8.26. The number of ether oxygens (including phenoxy) is 2. The van der Waals surface area contributed by atoms with Gasteiger partial charge in [-0.3, -0.25) is 4.79 Å². The van der Waals surface area contributed by atoms with E-state index in [0.29, 0.717) is 48.3 Å². The number of nitrogens with zero attached hydrogens (tertiary/aromatic N) is 3. The van der Waals surface area contributed by atoms with Gasteiger partial charge in [0, 0.05) is 31.2 Å². The van der Waals surface area contributed by atoms with Crippen molar-refractivity contribution in [2.24, 2.45) is 5.10 Å². The van der Waals surface area contributed by atoms with Gasteiger partial charge in [0.2, 0.25) is 0 Å². The SMILES string of the molecule is COc1cc(C=Nn2c(-c3ccccc3)nc3ccccc3c2=O)c(Br)c(Cl)c1OCc1ccc(Cl)cc1Cl. The first kappa shape index (κ1) is 27.2. The lowest BCUT2D eigenvalue weighted by atomic mass is 10.2. The van der Waals surface area contributed by atoms with Crippen molar-refractivity contribution in [3.05, 3.63) is 120 Å². The summed E-state index contributed by atoms with van der Waals surface area (Å²) >= 11 is 22.5. The molecule has 6 nitrogen and oxygen atoms in total. The molecule has 0 fully saturated rings. The Morgan fingerprint density at radius 2 is 1.74 bits per heavy atom. The molecule has 0 spiro atoms. The van der Waals surface area contributed by atoms with Gasteiger partial charge in [-0.15, -0.1) is 0 Å². The zero-order chi connectivity index (χ0) is 27.5. The van der Waals surface area contributed by atoms with Crippen LogP contribution in [0.2, 0.25) is 15.1 Å². The fourth-order valence-electron chi connectivity index (χ4n) is 3.90. The third-order valence-electron chi connectivity index (χ3n) is 5.86. The van der Waals surface area contributed by atoms with Crippen LogP contribution in [-0.4, -0.2) is 23.0 Å². The van der Waals surface area contributed by atoms with E-state index >= 15 is 0 Å². The standard InChI is InChI=1S/C29H19BrCl3N3O3/c1-38-24-13-19(25(30)26(33)27(24)39-16-18-11-12-20(31)14-22(18)32)15-34-36-28(17-7-3-2-4-8-17)35-23-10-6-5-9-21(23)29(36)37/h2-15H,16H2,1H3. The number of hydrogen-bond acceptors (Lipinski definition) is 5. The summed E-state index contributed by atoms with van der Waals surface area (Å²) in [5.41, 5.74) is 2.33. The molecular formula is C29H19BrCl3N3O3. The molecule has 10 heteroatoms. The second-order valence-corrected chi connectivity index (χ2v) is 10.3. The van der Waals surface area contributed by atoms with Crippen molar-refractivity contribution >= 4 is 67.9 Å². The Morgan fingerprint density at radius 1 is 1.00 bits per heavy atom. The molecular weight excluding hydrogens is 625 g/mol. The van der Waals surface area contributed by atoms with Crippen LogP contribution in [0.3, 0.4) is 0 Å². The monoisotopic (exact) mass is 641 g/mol. The minimum absolute atomic E-state index is 0.143. The summed E-state index contributed by atoms with van der Waals surface area (Å²) in [5.74, 6) is 1.11. The van der Waals surface area contributed by atoms with Crippen LogP contribution in [0, 0.1) is 0 Å². The largest absolute Gasteiger partial charge is 0.493 e. The van der Waals surface area contributed by atoms with E-state index in [1.54, 1.807) is 42.5 Å². The fraction of sp³-hybridized carbons (Fsp3) is 0.0690. The van der Waals surface area contributed by atoms with Crippen LogP contribution < -0.4 is 15.0 Å². The number of rotatable bonds is 7. The number of fused-ring (bicyclic) bond motifs is 1. The number of methoxy groups -OCH3 is 1. The van der Waals surface area contributed by atoms with Crippen LogP contribution >= 0.6 is 50.7 Å². The minimum atomic E-state index is -0.301. The van der Waals surface area contributed by atoms with Gasteiger partial charge < -0.3 is 9.47 Å². The number of para-hydroxylation sites is 1. The molecule has 0 aliphatic carbocycles. The van der Waals surface area contributed by atoms with Crippen molar-refractivity contribution in [2.75, 3.05) is 7.11 Å². The lowest BCUT2D eigenvalue weighted by Gasteiger charge is -2.16. The first-order valence-electron chi connectivity index (χ1n) is 11.6. The third-order valence-corrected chi connectivity index (χ3v) is 7.89. The number of benzene rings is 4. The summed E-state index contributed by atoms with van der Waals surface area (Å²) in [6.45, 7) is 0.143. The number of aromatic nitrogens is 2. The predicted molar refractivity (Wildman–Crippen MR) is 161 cm³/mol. The van der Waals surface area contributed by atoms with Gasteiger partial charge in [-0.2, -0.15) is 9.78 Å². The molecule has 0 amide bonds. The van der Waals surface area contributed by atoms with Gasteiger partial charge in [-0.1, -0.05) is 83.3 Å². The first-order chi connectivity index (χ1) is 18.9. The van der Waals surface area contributed by atoms with Crippen molar-refractivity contribution < 1.29 is 9.47 Å². The van der Waals surface area contributed by atoms with E-state index in [2.05, 4.69) is 21.0 Å². The van der Waals surface area contributed by atoms with Gasteiger partial charge in [0.05, 0.1) is 24.2 Å². The lowest BCUT2D eigenvalue weighted by Crippen LogP contribution is -2.20. The maximum Gasteiger partial charge on any atom is 0.282 e. The zero-order valence-electron chi connectivity index (χ0n) is 20.4. The Labute approximate surface area is 247 Å². The Kier molecular flexibility index (Phi) is 8.23. The van der Waals surface area contributed by atoms with Crippen LogP contribution in [0.4, 0.5) is 0 Å². The molecule has 39 heavy (non-hydrogen) atoms. The molecule has 0 atom stereocenters. The highest BCUT2D eigenvalue weighted by Gasteiger charge is 2.18. The van der Waals surface area contributed by atoms with E-state index in [-0.39, 0.29) is 17.2 Å². The van der Waals surface area contributed by atoms with Gasteiger partial charge in [-0.05, 0) is 46.3 Å². The van der Waals surface area contributed by atoms with Gasteiger partial charge in [0.15, 0.2) is 17.3 Å². The van der Waals surface area contributed by atoms with Crippen molar-refractivity contribution in [1.29, 1.82) is 0 Å². The average molecular weight is 644 g/mol. The molecule has 196 valence electrons. The highest BCUT2D eigenvalue weighted by atomic mass is 79.9. The maximum absolute atomic E-state index is 13.4. The molecule has 0 aliphatic rings. The Hall–Kier alpha value is -3.36. The van der Waals surface area contributed by atoms with E-state index in [1.807, 2.05) is 36.4 Å². The number of hydrogen-bond donors (Lipinski definition) is 0. The van der Waals surface area contributed by atoms with Crippen molar-refractivity contribution in [2.45, 2.75) is 6.61 Å².